The lowest BCUT2D eigenvalue weighted by molar-refractivity contribution is -0.122. The number of hydrogen-bond donors (Lipinski definition) is 3. The number of carboxylic acids is 1. The van der Waals surface area contributed by atoms with Crippen LogP contribution in [0, 0.1) is 0 Å². The number of hydrogen-bond acceptors (Lipinski definition) is 5. The Hall–Kier alpha value is -3.00. The summed E-state index contributed by atoms with van der Waals surface area (Å²) in [5.41, 5.74) is 0.850. The third-order valence-corrected chi connectivity index (χ3v) is 4.55. The number of carbonyl (C=O) groups is 2. The lowest BCUT2D eigenvalue weighted by atomic mass is 10.2. The Labute approximate surface area is 147 Å². The number of aromatic carboxylic acids is 1. The van der Waals surface area contributed by atoms with Gasteiger partial charge in [0.05, 0.1) is 16.2 Å². The summed E-state index contributed by atoms with van der Waals surface area (Å²) in [6.45, 7) is 2.23. The van der Waals surface area contributed by atoms with Crippen LogP contribution < -0.4 is 0 Å². The number of amidine groups is 1. The van der Waals surface area contributed by atoms with Crippen molar-refractivity contribution in [2.24, 2.45) is 4.99 Å². The molecule has 128 valence electrons. The predicted octanol–water partition coefficient (Wildman–Crippen LogP) is 3.04. The van der Waals surface area contributed by atoms with E-state index in [0.717, 1.165) is 11.8 Å². The molecule has 3 N–H and O–H groups in total. The third kappa shape index (κ3) is 3.43. The fourth-order valence-corrected chi connectivity index (χ4v) is 3.39. The number of nitrogens with one attached hydrogen (secondary N) is 1. The molecule has 0 spiro atoms. The summed E-state index contributed by atoms with van der Waals surface area (Å²) in [5, 5.41) is 19.2. The van der Waals surface area contributed by atoms with E-state index in [1.165, 1.54) is 28.8 Å². The van der Waals surface area contributed by atoms with Crippen molar-refractivity contribution in [3.63, 3.8) is 0 Å². The highest BCUT2D eigenvalue weighted by Gasteiger charge is 2.32. The Morgan fingerprint density at radius 3 is 2.84 bits per heavy atom. The highest BCUT2D eigenvalue weighted by atomic mass is 32.2. The first-order valence-electron chi connectivity index (χ1n) is 7.49. The molecule has 0 atom stereocenters. The van der Waals surface area contributed by atoms with Gasteiger partial charge in [0.15, 0.2) is 5.17 Å². The van der Waals surface area contributed by atoms with Gasteiger partial charge < -0.3 is 15.2 Å². The minimum atomic E-state index is -1.20. The van der Waals surface area contributed by atoms with Gasteiger partial charge in [-0.15, -0.1) is 0 Å². The van der Waals surface area contributed by atoms with Gasteiger partial charge in [-0.25, -0.2) is 9.79 Å². The number of nitrogens with zero attached hydrogens (tertiary/aromatic N) is 2. The Morgan fingerprint density at radius 2 is 2.20 bits per heavy atom. The van der Waals surface area contributed by atoms with Crippen LogP contribution in [-0.2, 0) is 4.79 Å². The Kier molecular flexibility index (Phi) is 4.62. The number of likely N-dealkylation sites (N-methyl/N-ethyl adjacent to an activating group) is 1. The van der Waals surface area contributed by atoms with Gasteiger partial charge in [0.25, 0.3) is 5.91 Å². The minimum absolute atomic E-state index is 0.126. The number of aliphatic imine (C=N–C) groups is 1. The maximum absolute atomic E-state index is 12.5. The van der Waals surface area contributed by atoms with Crippen LogP contribution in [0.3, 0.4) is 0 Å². The number of aromatic hydroxyl groups is 1. The van der Waals surface area contributed by atoms with E-state index in [4.69, 9.17) is 0 Å². The largest absolute Gasteiger partial charge is 0.508 e. The van der Waals surface area contributed by atoms with Gasteiger partial charge in [0.1, 0.15) is 5.75 Å². The molecule has 25 heavy (non-hydrogen) atoms. The van der Waals surface area contributed by atoms with E-state index in [0.29, 0.717) is 16.6 Å². The maximum Gasteiger partial charge on any atom is 0.338 e. The summed E-state index contributed by atoms with van der Waals surface area (Å²) >= 11 is 1.18. The summed E-state index contributed by atoms with van der Waals surface area (Å²) in [7, 11) is 0. The second-order valence-corrected chi connectivity index (χ2v) is 6.20. The SMILES string of the molecule is CCN1C(=O)/C(=C/c2ccc[nH]2)SC1=Nc1ccc(O)cc1C(=O)O. The molecule has 0 unspecified atom stereocenters. The van der Waals surface area contributed by atoms with Gasteiger partial charge in [0, 0.05) is 18.4 Å². The number of carboxylic acid groups (broad SMARTS) is 1. The normalized spacial score (nSPS) is 17.6. The summed E-state index contributed by atoms with van der Waals surface area (Å²) in [5.74, 6) is -1.54. The molecule has 1 aliphatic heterocycles. The van der Waals surface area contributed by atoms with E-state index < -0.39 is 5.97 Å². The maximum atomic E-state index is 12.5. The van der Waals surface area contributed by atoms with Crippen LogP contribution in [0.5, 0.6) is 5.75 Å². The van der Waals surface area contributed by atoms with E-state index in [9.17, 15) is 19.8 Å². The topological polar surface area (TPSA) is 106 Å². The van der Waals surface area contributed by atoms with Crippen molar-refractivity contribution in [2.75, 3.05) is 6.54 Å². The number of phenols is 1. The smallest absolute Gasteiger partial charge is 0.338 e. The lowest BCUT2D eigenvalue weighted by Gasteiger charge is -2.12. The van der Waals surface area contributed by atoms with Crippen LogP contribution in [0.25, 0.3) is 6.08 Å². The number of phenolic OH excluding ortho intramolecular Hbond substituents is 1. The minimum Gasteiger partial charge on any atom is -0.508 e. The molecule has 1 saturated heterocycles. The predicted molar refractivity (Wildman–Crippen MR) is 95.9 cm³/mol. The second-order valence-electron chi connectivity index (χ2n) is 5.19. The average molecular weight is 357 g/mol. The van der Waals surface area contributed by atoms with Crippen LogP contribution in [0.1, 0.15) is 23.0 Å². The molecule has 1 fully saturated rings. The van der Waals surface area contributed by atoms with E-state index in [1.54, 1.807) is 12.3 Å². The van der Waals surface area contributed by atoms with Crippen LogP contribution in [0.4, 0.5) is 5.69 Å². The molecule has 0 saturated carbocycles. The molecule has 0 aliphatic carbocycles. The molecular weight excluding hydrogens is 342 g/mol. The molecule has 1 aromatic carbocycles. The van der Waals surface area contributed by atoms with Crippen molar-refractivity contribution in [3.05, 3.63) is 52.7 Å². The van der Waals surface area contributed by atoms with Crippen molar-refractivity contribution in [2.45, 2.75) is 6.92 Å². The number of rotatable bonds is 4. The van der Waals surface area contributed by atoms with Gasteiger partial charge in [0.2, 0.25) is 0 Å². The number of carbonyl (C=O) groups excluding carboxylic acids is 1. The molecule has 0 radical (unpaired) electrons. The Morgan fingerprint density at radius 1 is 1.40 bits per heavy atom. The van der Waals surface area contributed by atoms with Gasteiger partial charge in [-0.3, -0.25) is 9.69 Å². The zero-order valence-electron chi connectivity index (χ0n) is 13.3. The Balaban J connectivity index is 2.00. The van der Waals surface area contributed by atoms with Gasteiger partial charge in [-0.1, -0.05) is 0 Å². The van der Waals surface area contributed by atoms with Crippen molar-refractivity contribution in [1.29, 1.82) is 0 Å². The third-order valence-electron chi connectivity index (χ3n) is 3.54. The summed E-state index contributed by atoms with van der Waals surface area (Å²) in [6, 6.07) is 7.58. The molecular formula is C17H15N3O4S. The standard InChI is InChI=1S/C17H15N3O4S/c1-2-20-15(22)14(8-10-4-3-7-18-10)25-17(20)19-13-6-5-11(21)9-12(13)16(23)24/h3-9,18,21H,2H2,1H3,(H,23,24)/b14-8-,19-17?. The number of benzene rings is 1. The van der Waals surface area contributed by atoms with Crippen molar-refractivity contribution in [1.82, 2.24) is 9.88 Å². The number of amides is 1. The molecule has 8 heteroatoms. The van der Waals surface area contributed by atoms with E-state index >= 15 is 0 Å². The van der Waals surface area contributed by atoms with Crippen molar-refractivity contribution in [3.8, 4) is 5.75 Å². The fraction of sp³-hybridized carbons (Fsp3) is 0.118. The zero-order valence-corrected chi connectivity index (χ0v) is 14.1. The van der Waals surface area contributed by atoms with Crippen LogP contribution in [-0.4, -0.2) is 43.7 Å². The van der Waals surface area contributed by atoms with E-state index in [-0.39, 0.29) is 22.9 Å². The molecule has 1 amide bonds. The molecule has 1 aliphatic rings. The van der Waals surface area contributed by atoms with Crippen molar-refractivity contribution < 1.29 is 19.8 Å². The molecule has 3 rings (SSSR count). The number of aromatic amines is 1. The summed E-state index contributed by atoms with van der Waals surface area (Å²) in [6.07, 6.45) is 3.49. The molecule has 0 bridgehead atoms. The monoisotopic (exact) mass is 357 g/mol. The van der Waals surface area contributed by atoms with Gasteiger partial charge >= 0.3 is 5.97 Å². The van der Waals surface area contributed by atoms with Crippen molar-refractivity contribution >= 4 is 40.6 Å². The number of aromatic nitrogens is 1. The van der Waals surface area contributed by atoms with Gasteiger partial charge in [-0.2, -0.15) is 0 Å². The van der Waals surface area contributed by atoms with Gasteiger partial charge in [-0.05, 0) is 55.1 Å². The van der Waals surface area contributed by atoms with Crippen LogP contribution >= 0.6 is 11.8 Å². The highest BCUT2D eigenvalue weighted by Crippen LogP contribution is 2.35. The zero-order chi connectivity index (χ0) is 18.0. The first-order chi connectivity index (χ1) is 12.0. The Bertz CT molecular complexity index is 887. The molecule has 1 aromatic heterocycles. The summed E-state index contributed by atoms with van der Waals surface area (Å²) in [4.78, 5) is 33.2. The first kappa shape index (κ1) is 16.8. The van der Waals surface area contributed by atoms with Crippen LogP contribution in [0.15, 0.2) is 46.4 Å². The molecule has 7 nitrogen and oxygen atoms in total. The lowest BCUT2D eigenvalue weighted by Crippen LogP contribution is -2.28. The quantitative estimate of drug-likeness (QED) is 0.729. The second kappa shape index (κ2) is 6.86. The number of thioether (sulfide) groups is 1. The summed E-state index contributed by atoms with van der Waals surface area (Å²) < 4.78 is 0. The number of H-pyrrole nitrogens is 1. The molecule has 2 aromatic rings. The average Bonchev–Trinajstić information content (AvgIpc) is 3.18. The first-order valence-corrected chi connectivity index (χ1v) is 8.31. The molecule has 2 heterocycles. The van der Waals surface area contributed by atoms with E-state index in [2.05, 4.69) is 9.98 Å². The fourth-order valence-electron chi connectivity index (χ4n) is 2.34. The van der Waals surface area contributed by atoms with Crippen LogP contribution in [0.2, 0.25) is 0 Å². The van der Waals surface area contributed by atoms with E-state index in [1.807, 2.05) is 19.1 Å². The highest BCUT2D eigenvalue weighted by molar-refractivity contribution is 8.18.